The summed E-state index contributed by atoms with van der Waals surface area (Å²) in [6, 6.07) is 3.84. The van der Waals surface area contributed by atoms with E-state index in [1.165, 1.54) is 17.8 Å². The average molecular weight is 483 g/mol. The van der Waals surface area contributed by atoms with Crippen molar-refractivity contribution in [2.75, 3.05) is 19.7 Å². The summed E-state index contributed by atoms with van der Waals surface area (Å²) in [4.78, 5) is 6.66. The maximum Gasteiger partial charge on any atom is 0.278 e. The zero-order chi connectivity index (χ0) is 22.5. The van der Waals surface area contributed by atoms with Crippen molar-refractivity contribution >= 4 is 23.4 Å². The Bertz CT molecular complexity index is 1040. The fourth-order valence-corrected chi connectivity index (χ4v) is 6.79. The smallest absolute Gasteiger partial charge is 0.278 e. The van der Waals surface area contributed by atoms with Crippen molar-refractivity contribution in [3.8, 4) is 5.82 Å². The molecule has 5 heterocycles. The monoisotopic (exact) mass is 482 g/mol. The number of aliphatic hydroxyl groups is 1. The van der Waals surface area contributed by atoms with Crippen molar-refractivity contribution in [2.45, 2.75) is 49.7 Å². The van der Waals surface area contributed by atoms with Crippen LogP contribution < -0.4 is 0 Å². The molecule has 0 amide bonds. The van der Waals surface area contributed by atoms with Gasteiger partial charge in [0.2, 0.25) is 0 Å². The molecule has 2 saturated heterocycles. The highest BCUT2D eigenvalue weighted by atomic mass is 35.5. The first kappa shape index (κ1) is 22.3. The van der Waals surface area contributed by atoms with Crippen LogP contribution in [0.15, 0.2) is 35.0 Å². The van der Waals surface area contributed by atoms with Crippen LogP contribution >= 0.6 is 23.4 Å². The molecule has 5 rings (SSSR count). The molecule has 2 aromatic rings. The fourth-order valence-electron chi connectivity index (χ4n) is 4.95. The van der Waals surface area contributed by atoms with Crippen LogP contribution in [0.25, 0.3) is 5.82 Å². The number of allylic oxidation sites excluding steroid dienone is 1. The van der Waals surface area contributed by atoms with Gasteiger partial charge in [0.1, 0.15) is 6.61 Å². The Morgan fingerprint density at radius 3 is 2.84 bits per heavy atom. The van der Waals surface area contributed by atoms with Crippen molar-refractivity contribution in [3.63, 3.8) is 0 Å². The van der Waals surface area contributed by atoms with E-state index in [2.05, 4.69) is 15.0 Å². The van der Waals surface area contributed by atoms with Gasteiger partial charge in [-0.1, -0.05) is 17.7 Å². The van der Waals surface area contributed by atoms with Gasteiger partial charge in [-0.05, 0) is 37.5 Å². The third kappa shape index (κ3) is 3.88. The van der Waals surface area contributed by atoms with Gasteiger partial charge in [-0.2, -0.15) is 5.10 Å². The number of aliphatic hydroxyl groups excluding tert-OH is 1. The molecule has 2 aromatic heterocycles. The van der Waals surface area contributed by atoms with E-state index < -0.39 is 24.0 Å². The summed E-state index contributed by atoms with van der Waals surface area (Å²) in [6.07, 6.45) is 6.47. The van der Waals surface area contributed by atoms with Gasteiger partial charge in [0, 0.05) is 37.6 Å². The zero-order valence-electron chi connectivity index (χ0n) is 17.7. The second-order valence-electron chi connectivity index (χ2n) is 8.77. The Morgan fingerprint density at radius 1 is 1.34 bits per heavy atom. The zero-order valence-corrected chi connectivity index (χ0v) is 19.3. The normalized spacial score (nSPS) is 26.8. The first-order valence-electron chi connectivity index (χ1n) is 10.7. The third-order valence-corrected chi connectivity index (χ3v) is 8.49. The number of rotatable bonds is 4. The van der Waals surface area contributed by atoms with Gasteiger partial charge in [0.25, 0.3) is 5.92 Å². The number of aromatic nitrogens is 3. The molecule has 0 bridgehead atoms. The number of nitrogens with zero attached hydrogens (tertiary/aromatic N) is 4. The first-order chi connectivity index (χ1) is 15.3. The van der Waals surface area contributed by atoms with Crippen LogP contribution in [0.2, 0.25) is 0 Å². The highest BCUT2D eigenvalue weighted by molar-refractivity contribution is 8.05. The summed E-state index contributed by atoms with van der Waals surface area (Å²) >= 11 is 7.46. The number of hydrogen-bond donors (Lipinski definition) is 1. The molecule has 0 aromatic carbocycles. The van der Waals surface area contributed by atoms with Gasteiger partial charge in [-0.15, -0.1) is 11.8 Å². The van der Waals surface area contributed by atoms with Crippen LogP contribution in [0.5, 0.6) is 0 Å². The molecule has 2 fully saturated rings. The van der Waals surface area contributed by atoms with Crippen LogP contribution in [0, 0.1) is 12.8 Å². The second kappa shape index (κ2) is 8.36. The molecule has 0 radical (unpaired) electrons. The van der Waals surface area contributed by atoms with Gasteiger partial charge in [-0.25, -0.2) is 18.4 Å². The number of aryl methyl sites for hydroxylation is 1. The van der Waals surface area contributed by atoms with Gasteiger partial charge >= 0.3 is 0 Å². The molecule has 2 atom stereocenters. The molecular weight excluding hydrogens is 458 g/mol. The third-order valence-electron chi connectivity index (χ3n) is 6.76. The lowest BCUT2D eigenvalue weighted by molar-refractivity contribution is -0.215. The number of thioether (sulfide) groups is 1. The quantitative estimate of drug-likeness (QED) is 0.713. The van der Waals surface area contributed by atoms with Crippen molar-refractivity contribution in [1.29, 1.82) is 0 Å². The molecule has 6 nitrogen and oxygen atoms in total. The highest BCUT2D eigenvalue weighted by Gasteiger charge is 2.60. The maximum atomic E-state index is 14.4. The van der Waals surface area contributed by atoms with Gasteiger partial charge in [0.15, 0.2) is 5.82 Å². The van der Waals surface area contributed by atoms with Crippen LogP contribution in [0.4, 0.5) is 8.78 Å². The molecule has 3 aliphatic heterocycles. The van der Waals surface area contributed by atoms with E-state index in [0.29, 0.717) is 42.5 Å². The molecule has 1 spiro atoms. The fraction of sp³-hybridized carbons (Fsp3) is 0.545. The van der Waals surface area contributed by atoms with E-state index in [0.717, 1.165) is 16.9 Å². The van der Waals surface area contributed by atoms with Crippen LogP contribution in [-0.4, -0.2) is 61.2 Å². The summed E-state index contributed by atoms with van der Waals surface area (Å²) in [7, 11) is 0. The first-order valence-corrected chi connectivity index (χ1v) is 12.0. The number of piperidine rings is 1. The summed E-state index contributed by atoms with van der Waals surface area (Å²) in [5.74, 6) is -3.03. The van der Waals surface area contributed by atoms with E-state index >= 15 is 0 Å². The van der Waals surface area contributed by atoms with Crippen molar-refractivity contribution < 1.29 is 18.6 Å². The van der Waals surface area contributed by atoms with Crippen LogP contribution in [0.3, 0.4) is 0 Å². The summed E-state index contributed by atoms with van der Waals surface area (Å²) in [6.45, 7) is 3.30. The number of ether oxygens (including phenoxy) is 1. The molecule has 2 unspecified atom stereocenters. The number of pyridine rings is 1. The van der Waals surface area contributed by atoms with Gasteiger partial charge in [-0.3, -0.25) is 4.90 Å². The van der Waals surface area contributed by atoms with Crippen LogP contribution in [-0.2, 0) is 17.9 Å². The van der Waals surface area contributed by atoms with Crippen molar-refractivity contribution in [1.82, 2.24) is 19.7 Å². The lowest BCUT2D eigenvalue weighted by atomic mass is 9.77. The summed E-state index contributed by atoms with van der Waals surface area (Å²) in [5, 5.41) is 14.0. The van der Waals surface area contributed by atoms with E-state index in [1.807, 2.05) is 25.3 Å². The summed E-state index contributed by atoms with van der Waals surface area (Å²) in [5.41, 5.74) is 1.96. The molecule has 172 valence electrons. The molecule has 1 N–H and O–H groups in total. The minimum absolute atomic E-state index is 0.158. The Hall–Kier alpha value is -1.52. The summed E-state index contributed by atoms with van der Waals surface area (Å²) < 4.78 is 36.8. The Labute approximate surface area is 194 Å². The SMILES string of the molecule is Cc1cccnc1-n1cc(CN2CCC3(CC2)OCC(F)(F)C2C=C(Cl)SC23)c(CO)n1. The number of halogens is 3. The van der Waals surface area contributed by atoms with Gasteiger partial charge < -0.3 is 9.84 Å². The maximum absolute atomic E-state index is 14.4. The predicted octanol–water partition coefficient (Wildman–Crippen LogP) is 3.88. The Balaban J connectivity index is 1.29. The number of likely N-dealkylation sites (tertiary alicyclic amines) is 1. The molecule has 3 aliphatic rings. The van der Waals surface area contributed by atoms with E-state index in [1.54, 1.807) is 10.9 Å². The molecular formula is C22H25ClF2N4O2S. The molecule has 0 aliphatic carbocycles. The molecule has 0 saturated carbocycles. The topological polar surface area (TPSA) is 63.4 Å². The lowest BCUT2D eigenvalue weighted by Crippen LogP contribution is -2.61. The standard InChI is InChI=1S/C22H25ClF2N4O2S/c1-14-3-2-6-26-20(14)29-11-15(17(12-30)27-29)10-28-7-4-21(5-8-28)19-16(9-18(23)32-19)22(24,25)13-31-21/h2-3,6,9,11,16,19,30H,4-5,7-8,10,12-13H2,1H3. The lowest BCUT2D eigenvalue weighted by Gasteiger charge is -2.51. The number of fused-ring (bicyclic) bond motifs is 2. The average Bonchev–Trinajstić information content (AvgIpc) is 3.37. The second-order valence-corrected chi connectivity index (χ2v) is 10.6. The minimum Gasteiger partial charge on any atom is -0.390 e. The van der Waals surface area contributed by atoms with E-state index in [4.69, 9.17) is 16.3 Å². The Morgan fingerprint density at radius 2 is 2.12 bits per heavy atom. The van der Waals surface area contributed by atoms with Crippen molar-refractivity contribution in [2.24, 2.45) is 5.92 Å². The number of alkyl halides is 2. The Kier molecular flexibility index (Phi) is 5.82. The van der Waals surface area contributed by atoms with Gasteiger partial charge in [0.05, 0.1) is 33.4 Å². The highest BCUT2D eigenvalue weighted by Crippen LogP contribution is 2.56. The predicted molar refractivity (Wildman–Crippen MR) is 119 cm³/mol. The minimum atomic E-state index is -2.88. The van der Waals surface area contributed by atoms with Crippen molar-refractivity contribution in [3.05, 3.63) is 51.8 Å². The van der Waals surface area contributed by atoms with E-state index in [-0.39, 0.29) is 11.9 Å². The molecule has 32 heavy (non-hydrogen) atoms. The van der Waals surface area contributed by atoms with Crippen LogP contribution in [0.1, 0.15) is 29.7 Å². The number of hydrogen-bond acceptors (Lipinski definition) is 6. The largest absolute Gasteiger partial charge is 0.390 e. The van der Waals surface area contributed by atoms with E-state index in [9.17, 15) is 13.9 Å². The molecule has 10 heteroatoms.